The lowest BCUT2D eigenvalue weighted by atomic mass is 10.1. The van der Waals surface area contributed by atoms with E-state index in [0.29, 0.717) is 0 Å². The number of carbonyl (C=O) groups excluding carboxylic acids is 2. The normalized spacial score (nSPS) is 19.6. The Hall–Kier alpha value is -2.93. The van der Waals surface area contributed by atoms with Crippen molar-refractivity contribution < 1.29 is 41.4 Å². The Balaban J connectivity index is 2.19. The Kier molecular flexibility index (Phi) is 7.59. The summed E-state index contributed by atoms with van der Waals surface area (Å²) in [5.74, 6) is -9.84. The summed E-state index contributed by atoms with van der Waals surface area (Å²) in [6, 6.07) is 1.74. The molecule has 180 valence electrons. The van der Waals surface area contributed by atoms with Crippen molar-refractivity contribution in [3.05, 3.63) is 46.0 Å². The largest absolute Gasteiger partial charge is 0.460 e. The topological polar surface area (TPSA) is 85.6 Å². The second-order valence-electron chi connectivity index (χ2n) is 9.27. The van der Waals surface area contributed by atoms with Gasteiger partial charge in [0.2, 0.25) is 0 Å². The molecular formula is C23H25F4NO5. The molecule has 0 N–H and O–H groups in total. The summed E-state index contributed by atoms with van der Waals surface area (Å²) in [6.07, 6.45) is 1.29. The molecule has 2 rings (SSSR count). The predicted octanol–water partition coefficient (Wildman–Crippen LogP) is 4.50. The van der Waals surface area contributed by atoms with E-state index < -0.39 is 82.4 Å². The van der Waals surface area contributed by atoms with Crippen molar-refractivity contribution in [2.24, 2.45) is 17.3 Å². The lowest BCUT2D eigenvalue weighted by Gasteiger charge is -2.19. The van der Waals surface area contributed by atoms with Gasteiger partial charge in [-0.2, -0.15) is 5.26 Å². The lowest BCUT2D eigenvalue weighted by Crippen LogP contribution is -2.24. The molecular weight excluding hydrogens is 446 g/mol. The van der Waals surface area contributed by atoms with Gasteiger partial charge in [-0.25, -0.2) is 22.4 Å². The molecule has 6 nitrogen and oxygen atoms in total. The molecule has 1 aromatic rings. The van der Waals surface area contributed by atoms with Gasteiger partial charge in [0.05, 0.1) is 23.7 Å². The van der Waals surface area contributed by atoms with Crippen molar-refractivity contribution in [3.8, 4) is 6.07 Å². The van der Waals surface area contributed by atoms with Crippen molar-refractivity contribution in [1.29, 1.82) is 5.26 Å². The Morgan fingerprint density at radius 2 is 1.52 bits per heavy atom. The fourth-order valence-corrected chi connectivity index (χ4v) is 3.46. The molecule has 33 heavy (non-hydrogen) atoms. The first-order valence-corrected chi connectivity index (χ1v) is 10.0. The van der Waals surface area contributed by atoms with Crippen LogP contribution in [0.1, 0.15) is 45.7 Å². The average Bonchev–Trinajstić information content (AvgIpc) is 3.26. The smallest absolute Gasteiger partial charge is 0.349 e. The maximum atomic E-state index is 14.2. The molecule has 0 aromatic heterocycles. The fraction of sp³-hybridized carbons (Fsp3) is 0.522. The lowest BCUT2D eigenvalue weighted by molar-refractivity contribution is -0.150. The highest BCUT2D eigenvalue weighted by molar-refractivity contribution is 5.93. The van der Waals surface area contributed by atoms with E-state index >= 15 is 0 Å². The van der Waals surface area contributed by atoms with E-state index in [1.54, 1.807) is 40.7 Å². The minimum atomic E-state index is -1.68. The quantitative estimate of drug-likeness (QED) is 0.191. The van der Waals surface area contributed by atoms with Crippen molar-refractivity contribution in [2.75, 3.05) is 7.11 Å². The van der Waals surface area contributed by atoms with Gasteiger partial charge in [-0.1, -0.05) is 19.9 Å². The van der Waals surface area contributed by atoms with Gasteiger partial charge in [0.15, 0.2) is 23.3 Å². The number of nitrogens with zero attached hydrogens (tertiary/aromatic N) is 1. The number of ether oxygens (including phenoxy) is 3. The molecule has 0 radical (unpaired) electrons. The standard InChI is InChI=1S/C23H25F4NO5/c1-22(2,3)33-20(29)11(8-28)7-14-15(23(14,4)5)21(30)32-10-13-18(26)16(24)12(9-31-6)17(25)19(13)27/h7,14-15H,9-10H2,1-6H3. The van der Waals surface area contributed by atoms with E-state index in [4.69, 9.17) is 9.47 Å². The van der Waals surface area contributed by atoms with E-state index in [1.807, 2.05) is 0 Å². The van der Waals surface area contributed by atoms with E-state index in [9.17, 15) is 32.4 Å². The summed E-state index contributed by atoms with van der Waals surface area (Å²) in [5.41, 5.74) is -3.86. The van der Waals surface area contributed by atoms with Gasteiger partial charge in [-0.3, -0.25) is 4.79 Å². The molecule has 0 spiro atoms. The van der Waals surface area contributed by atoms with Crippen LogP contribution in [0.2, 0.25) is 0 Å². The monoisotopic (exact) mass is 471 g/mol. The maximum absolute atomic E-state index is 14.2. The predicted molar refractivity (Wildman–Crippen MR) is 107 cm³/mol. The van der Waals surface area contributed by atoms with Crippen LogP contribution in [0.25, 0.3) is 0 Å². The third-order valence-corrected chi connectivity index (χ3v) is 5.34. The van der Waals surface area contributed by atoms with Gasteiger partial charge in [0, 0.05) is 7.11 Å². The number of esters is 2. The highest BCUT2D eigenvalue weighted by atomic mass is 19.2. The fourth-order valence-electron chi connectivity index (χ4n) is 3.46. The van der Waals surface area contributed by atoms with Crippen LogP contribution < -0.4 is 0 Å². The van der Waals surface area contributed by atoms with Crippen LogP contribution in [-0.2, 0) is 37.0 Å². The first kappa shape index (κ1) is 26.3. The Morgan fingerprint density at radius 1 is 1.03 bits per heavy atom. The van der Waals surface area contributed by atoms with Gasteiger partial charge in [0.25, 0.3) is 0 Å². The van der Waals surface area contributed by atoms with Crippen molar-refractivity contribution in [1.82, 2.24) is 0 Å². The number of halogens is 4. The summed E-state index contributed by atoms with van der Waals surface area (Å²) >= 11 is 0. The Bertz CT molecular complexity index is 1010. The van der Waals surface area contributed by atoms with Crippen molar-refractivity contribution in [2.45, 2.75) is 53.4 Å². The van der Waals surface area contributed by atoms with Gasteiger partial charge in [-0.15, -0.1) is 0 Å². The number of nitriles is 1. The summed E-state index contributed by atoms with van der Waals surface area (Å²) in [5, 5.41) is 9.29. The highest BCUT2D eigenvalue weighted by Gasteiger charge is 2.62. The Morgan fingerprint density at radius 3 is 1.94 bits per heavy atom. The summed E-state index contributed by atoms with van der Waals surface area (Å²) in [6.45, 7) is 6.51. The second kappa shape index (κ2) is 9.51. The summed E-state index contributed by atoms with van der Waals surface area (Å²) < 4.78 is 71.2. The maximum Gasteiger partial charge on any atom is 0.349 e. The number of hydrogen-bond donors (Lipinski definition) is 0. The molecule has 1 fully saturated rings. The average molecular weight is 471 g/mol. The molecule has 1 aliphatic rings. The molecule has 2 unspecified atom stereocenters. The number of methoxy groups -OCH3 is 1. The molecule has 0 bridgehead atoms. The zero-order chi connectivity index (χ0) is 25.3. The van der Waals surface area contributed by atoms with Gasteiger partial charge >= 0.3 is 11.9 Å². The van der Waals surface area contributed by atoms with Crippen molar-refractivity contribution in [3.63, 3.8) is 0 Å². The molecule has 0 amide bonds. The number of hydrogen-bond acceptors (Lipinski definition) is 6. The van der Waals surface area contributed by atoms with Crippen LogP contribution in [0.3, 0.4) is 0 Å². The van der Waals surface area contributed by atoms with E-state index in [0.717, 1.165) is 7.11 Å². The summed E-state index contributed by atoms with van der Waals surface area (Å²) in [7, 11) is 1.10. The SMILES string of the molecule is COCc1c(F)c(F)c(COC(=O)C2C(C=C(C#N)C(=O)OC(C)(C)C)C2(C)C)c(F)c1F. The van der Waals surface area contributed by atoms with Crippen LogP contribution in [0.15, 0.2) is 11.6 Å². The van der Waals surface area contributed by atoms with Crippen LogP contribution in [0.5, 0.6) is 0 Å². The second-order valence-corrected chi connectivity index (χ2v) is 9.27. The first-order valence-electron chi connectivity index (χ1n) is 10.0. The molecule has 1 aliphatic carbocycles. The number of carbonyl (C=O) groups is 2. The molecule has 2 atom stereocenters. The molecule has 0 heterocycles. The summed E-state index contributed by atoms with van der Waals surface area (Å²) in [4.78, 5) is 24.7. The van der Waals surface area contributed by atoms with Crippen LogP contribution in [-0.4, -0.2) is 24.6 Å². The third kappa shape index (κ3) is 5.53. The van der Waals surface area contributed by atoms with Crippen LogP contribution in [0.4, 0.5) is 17.6 Å². The molecule has 1 aromatic carbocycles. The number of allylic oxidation sites excluding steroid dienone is 1. The zero-order valence-corrected chi connectivity index (χ0v) is 19.1. The van der Waals surface area contributed by atoms with Crippen LogP contribution >= 0.6 is 0 Å². The zero-order valence-electron chi connectivity index (χ0n) is 19.1. The minimum Gasteiger partial charge on any atom is -0.460 e. The molecule has 10 heteroatoms. The van der Waals surface area contributed by atoms with Crippen LogP contribution in [0, 0.1) is 51.9 Å². The first-order chi connectivity index (χ1) is 15.2. The van der Waals surface area contributed by atoms with E-state index in [1.165, 1.54) is 6.08 Å². The minimum absolute atomic E-state index is 0.298. The van der Waals surface area contributed by atoms with Gasteiger partial charge < -0.3 is 14.2 Å². The Labute approximate surface area is 189 Å². The highest BCUT2D eigenvalue weighted by Crippen LogP contribution is 2.60. The molecule has 0 aliphatic heterocycles. The third-order valence-electron chi connectivity index (χ3n) is 5.34. The van der Waals surface area contributed by atoms with E-state index in [2.05, 4.69) is 4.74 Å². The van der Waals surface area contributed by atoms with E-state index in [-0.39, 0.29) is 5.57 Å². The molecule has 0 saturated heterocycles. The van der Waals surface area contributed by atoms with Crippen molar-refractivity contribution >= 4 is 11.9 Å². The molecule has 1 saturated carbocycles. The number of rotatable bonds is 7. The van der Waals surface area contributed by atoms with Gasteiger partial charge in [-0.05, 0) is 32.1 Å². The van der Waals surface area contributed by atoms with Gasteiger partial charge in [0.1, 0.15) is 23.9 Å². The number of benzene rings is 1.